The van der Waals surface area contributed by atoms with Crippen LogP contribution in [0.5, 0.6) is 5.75 Å². The second-order valence-corrected chi connectivity index (χ2v) is 8.52. The van der Waals surface area contributed by atoms with Crippen LogP contribution in [0.25, 0.3) is 5.82 Å². The summed E-state index contributed by atoms with van der Waals surface area (Å²) < 4.78 is 7.07. The number of ether oxygens (including phenoxy) is 1. The minimum absolute atomic E-state index is 0.00131. The number of methoxy groups -OCH3 is 1. The monoisotopic (exact) mass is 447 g/mol. The van der Waals surface area contributed by atoms with Crippen molar-refractivity contribution in [2.45, 2.75) is 12.8 Å². The van der Waals surface area contributed by atoms with Gasteiger partial charge >= 0.3 is 0 Å². The van der Waals surface area contributed by atoms with E-state index in [0.29, 0.717) is 6.54 Å². The zero-order valence-corrected chi connectivity index (χ0v) is 18.9. The van der Waals surface area contributed by atoms with Crippen LogP contribution in [0.2, 0.25) is 0 Å². The first-order chi connectivity index (χ1) is 16.2. The van der Waals surface area contributed by atoms with Crippen LogP contribution in [0.4, 0.5) is 11.5 Å². The number of carbonyl (C=O) groups is 1. The van der Waals surface area contributed by atoms with E-state index < -0.39 is 0 Å². The van der Waals surface area contributed by atoms with Crippen LogP contribution in [-0.2, 0) is 4.79 Å². The molecule has 33 heavy (non-hydrogen) atoms. The minimum atomic E-state index is 0.00131. The van der Waals surface area contributed by atoms with E-state index >= 15 is 0 Å². The van der Waals surface area contributed by atoms with Gasteiger partial charge in [0.25, 0.3) is 0 Å². The van der Waals surface area contributed by atoms with E-state index in [4.69, 9.17) is 4.74 Å². The number of aromatic nitrogens is 4. The fraction of sp³-hybridized carbons (Fsp3) is 0.417. The third kappa shape index (κ3) is 4.62. The zero-order valence-electron chi connectivity index (χ0n) is 18.9. The third-order valence-electron chi connectivity index (χ3n) is 6.53. The molecule has 0 N–H and O–H groups in total. The number of anilines is 2. The van der Waals surface area contributed by atoms with Crippen LogP contribution < -0.4 is 14.5 Å². The highest BCUT2D eigenvalue weighted by Crippen LogP contribution is 2.25. The summed E-state index contributed by atoms with van der Waals surface area (Å²) in [6.45, 7) is 4.78. The second kappa shape index (κ2) is 9.48. The molecule has 2 fully saturated rings. The summed E-state index contributed by atoms with van der Waals surface area (Å²) in [5.74, 6) is 2.67. The van der Waals surface area contributed by atoms with Gasteiger partial charge in [0, 0.05) is 57.3 Å². The molecule has 0 bridgehead atoms. The van der Waals surface area contributed by atoms with Gasteiger partial charge in [-0.05, 0) is 49.2 Å². The first-order valence-corrected chi connectivity index (χ1v) is 11.5. The molecule has 2 aliphatic heterocycles. The molecule has 1 aromatic carbocycles. The lowest BCUT2D eigenvalue weighted by molar-refractivity contribution is -0.136. The Bertz CT molecular complexity index is 1050. The van der Waals surface area contributed by atoms with Crippen LogP contribution in [0.15, 0.2) is 55.1 Å². The highest BCUT2D eigenvalue weighted by molar-refractivity contribution is 5.80. The highest BCUT2D eigenvalue weighted by atomic mass is 16.5. The molecule has 2 aliphatic rings. The number of piperazine rings is 1. The third-order valence-corrected chi connectivity index (χ3v) is 6.53. The molecule has 0 aliphatic carbocycles. The molecule has 0 spiro atoms. The molecule has 0 radical (unpaired) electrons. The Balaban J connectivity index is 1.17. The van der Waals surface area contributed by atoms with Crippen LogP contribution in [-0.4, -0.2) is 76.9 Å². The van der Waals surface area contributed by atoms with Gasteiger partial charge in [-0.2, -0.15) is 0 Å². The molecule has 1 amide bonds. The standard InChI is InChI=1S/C24H29N7O2/c1-33-21-6-4-20(5-7-21)28-13-15-29(16-14-28)24(32)19-3-2-11-30(17-19)22-8-9-23(27-26-22)31-12-10-25-18-31/h4-10,12,18-19H,2-3,11,13-17H2,1H3. The Morgan fingerprint density at radius 2 is 1.70 bits per heavy atom. The van der Waals surface area contributed by atoms with E-state index in [2.05, 4.69) is 37.1 Å². The Kier molecular flexibility index (Phi) is 6.10. The number of hydrogen-bond donors (Lipinski definition) is 0. The smallest absolute Gasteiger partial charge is 0.227 e. The van der Waals surface area contributed by atoms with Gasteiger partial charge in [-0.25, -0.2) is 4.98 Å². The van der Waals surface area contributed by atoms with E-state index in [1.165, 1.54) is 5.69 Å². The molecule has 2 saturated heterocycles. The minimum Gasteiger partial charge on any atom is -0.497 e. The highest BCUT2D eigenvalue weighted by Gasteiger charge is 2.31. The van der Waals surface area contributed by atoms with Crippen molar-refractivity contribution in [1.29, 1.82) is 0 Å². The lowest BCUT2D eigenvalue weighted by Gasteiger charge is -2.40. The normalized spacial score (nSPS) is 18.9. The van der Waals surface area contributed by atoms with E-state index in [1.807, 2.05) is 39.9 Å². The molecule has 0 saturated carbocycles. The number of hydrogen-bond acceptors (Lipinski definition) is 7. The molecular formula is C24H29N7O2. The fourth-order valence-corrected chi connectivity index (χ4v) is 4.64. The van der Waals surface area contributed by atoms with Gasteiger partial charge in [0.1, 0.15) is 12.1 Å². The quantitative estimate of drug-likeness (QED) is 0.593. The van der Waals surface area contributed by atoms with Gasteiger partial charge in [0.2, 0.25) is 5.91 Å². The Morgan fingerprint density at radius 1 is 0.939 bits per heavy atom. The van der Waals surface area contributed by atoms with Gasteiger partial charge in [-0.3, -0.25) is 9.36 Å². The molecule has 4 heterocycles. The first kappa shape index (κ1) is 21.2. The number of piperidine rings is 1. The van der Waals surface area contributed by atoms with E-state index in [0.717, 1.165) is 63.0 Å². The maximum absolute atomic E-state index is 13.3. The van der Waals surface area contributed by atoms with Crippen molar-refractivity contribution in [2.24, 2.45) is 5.92 Å². The number of nitrogens with zero attached hydrogens (tertiary/aromatic N) is 7. The van der Waals surface area contributed by atoms with E-state index in [1.54, 1.807) is 19.6 Å². The Labute approximate surface area is 193 Å². The maximum atomic E-state index is 13.3. The number of benzene rings is 1. The van der Waals surface area contributed by atoms with E-state index in [9.17, 15) is 4.79 Å². The van der Waals surface area contributed by atoms with Gasteiger partial charge in [0.15, 0.2) is 11.6 Å². The second-order valence-electron chi connectivity index (χ2n) is 8.52. The summed E-state index contributed by atoms with van der Waals surface area (Å²) in [5, 5.41) is 8.73. The predicted octanol–water partition coefficient (Wildman–Crippen LogP) is 2.24. The van der Waals surface area contributed by atoms with Crippen molar-refractivity contribution in [3.05, 3.63) is 55.1 Å². The predicted molar refractivity (Wildman–Crippen MR) is 126 cm³/mol. The summed E-state index contributed by atoms with van der Waals surface area (Å²) in [4.78, 5) is 23.9. The Morgan fingerprint density at radius 3 is 2.36 bits per heavy atom. The fourth-order valence-electron chi connectivity index (χ4n) is 4.64. The van der Waals surface area contributed by atoms with Crippen molar-refractivity contribution >= 4 is 17.4 Å². The van der Waals surface area contributed by atoms with Crippen molar-refractivity contribution < 1.29 is 9.53 Å². The molecule has 172 valence electrons. The van der Waals surface area contributed by atoms with Crippen molar-refractivity contribution in [1.82, 2.24) is 24.6 Å². The Hall–Kier alpha value is -3.62. The average Bonchev–Trinajstić information content (AvgIpc) is 3.44. The molecule has 1 unspecified atom stereocenters. The van der Waals surface area contributed by atoms with Crippen LogP contribution in [0.3, 0.4) is 0 Å². The summed E-state index contributed by atoms with van der Waals surface area (Å²) in [5.41, 5.74) is 1.17. The van der Waals surface area contributed by atoms with Crippen molar-refractivity contribution in [3.8, 4) is 11.6 Å². The zero-order chi connectivity index (χ0) is 22.6. The van der Waals surface area contributed by atoms with Crippen LogP contribution in [0, 0.1) is 5.92 Å². The van der Waals surface area contributed by atoms with Crippen molar-refractivity contribution in [3.63, 3.8) is 0 Å². The number of rotatable bonds is 5. The van der Waals surface area contributed by atoms with E-state index in [-0.39, 0.29) is 11.8 Å². The SMILES string of the molecule is COc1ccc(N2CCN(C(=O)C3CCCN(c4ccc(-n5ccnc5)nn4)C3)CC2)cc1. The summed E-state index contributed by atoms with van der Waals surface area (Å²) in [6.07, 6.45) is 7.16. The molecule has 1 atom stereocenters. The van der Waals surface area contributed by atoms with Crippen LogP contribution >= 0.6 is 0 Å². The lowest BCUT2D eigenvalue weighted by atomic mass is 9.96. The molecule has 3 aromatic rings. The van der Waals surface area contributed by atoms with Crippen LogP contribution in [0.1, 0.15) is 12.8 Å². The largest absolute Gasteiger partial charge is 0.497 e. The number of imidazole rings is 1. The summed E-state index contributed by atoms with van der Waals surface area (Å²) >= 11 is 0. The summed E-state index contributed by atoms with van der Waals surface area (Å²) in [7, 11) is 1.68. The van der Waals surface area contributed by atoms with Gasteiger partial charge in [-0.15, -0.1) is 10.2 Å². The van der Waals surface area contributed by atoms with Gasteiger partial charge in [-0.1, -0.05) is 0 Å². The maximum Gasteiger partial charge on any atom is 0.227 e. The molecular weight excluding hydrogens is 418 g/mol. The summed E-state index contributed by atoms with van der Waals surface area (Å²) in [6, 6.07) is 12.0. The molecule has 9 nitrogen and oxygen atoms in total. The molecule has 2 aromatic heterocycles. The van der Waals surface area contributed by atoms with Gasteiger partial charge < -0.3 is 19.4 Å². The molecule has 5 rings (SSSR count). The van der Waals surface area contributed by atoms with Gasteiger partial charge in [0.05, 0.1) is 13.0 Å². The van der Waals surface area contributed by atoms with Crippen molar-refractivity contribution in [2.75, 3.05) is 56.2 Å². The first-order valence-electron chi connectivity index (χ1n) is 11.5. The lowest BCUT2D eigenvalue weighted by Crippen LogP contribution is -2.52. The number of carbonyl (C=O) groups excluding carboxylic acids is 1. The average molecular weight is 448 g/mol. The topological polar surface area (TPSA) is 79.6 Å². The molecule has 9 heteroatoms. The number of amides is 1.